The number of hydrogen-bond acceptors (Lipinski definition) is 3. The third-order valence-electron chi connectivity index (χ3n) is 3.14. The van der Waals surface area contributed by atoms with Crippen molar-refractivity contribution in [2.75, 3.05) is 7.05 Å². The number of carbonyl (C=O) groups excluding carboxylic acids is 1. The van der Waals surface area contributed by atoms with E-state index in [0.717, 1.165) is 18.9 Å². The monoisotopic (exact) mass is 318 g/mol. The van der Waals surface area contributed by atoms with E-state index in [2.05, 4.69) is 0 Å². The van der Waals surface area contributed by atoms with Crippen molar-refractivity contribution in [3.8, 4) is 0 Å². The number of carbonyl (C=O) groups is 1. The van der Waals surface area contributed by atoms with E-state index in [4.69, 9.17) is 23.2 Å². The van der Waals surface area contributed by atoms with Crippen molar-refractivity contribution in [1.29, 1.82) is 0 Å². The van der Waals surface area contributed by atoms with Crippen LogP contribution in [0.25, 0.3) is 0 Å². The van der Waals surface area contributed by atoms with E-state index in [-0.39, 0.29) is 33.2 Å². The molecule has 0 N–H and O–H groups in total. The first-order valence-electron chi connectivity index (χ1n) is 6.20. The molecule has 1 unspecified atom stereocenters. The predicted octanol–water partition coefficient (Wildman–Crippen LogP) is 4.16. The largest absolute Gasteiger partial charge is 0.339 e. The van der Waals surface area contributed by atoms with E-state index in [9.17, 15) is 14.9 Å². The van der Waals surface area contributed by atoms with Crippen LogP contribution in [0.15, 0.2) is 12.1 Å². The summed E-state index contributed by atoms with van der Waals surface area (Å²) in [4.78, 5) is 24.1. The quantitative estimate of drug-likeness (QED) is 0.604. The van der Waals surface area contributed by atoms with Gasteiger partial charge in [0.25, 0.3) is 11.6 Å². The van der Waals surface area contributed by atoms with Gasteiger partial charge in [0.2, 0.25) is 0 Å². The normalized spacial score (nSPS) is 12.1. The number of benzene rings is 1. The molecule has 7 heteroatoms. The van der Waals surface area contributed by atoms with Crippen molar-refractivity contribution in [2.45, 2.75) is 32.7 Å². The zero-order valence-electron chi connectivity index (χ0n) is 11.5. The predicted molar refractivity (Wildman–Crippen MR) is 79.6 cm³/mol. The van der Waals surface area contributed by atoms with Crippen LogP contribution >= 0.6 is 23.2 Å². The van der Waals surface area contributed by atoms with E-state index in [0.29, 0.717) is 0 Å². The minimum absolute atomic E-state index is 0.000705. The Morgan fingerprint density at radius 2 is 2.05 bits per heavy atom. The van der Waals surface area contributed by atoms with Crippen molar-refractivity contribution in [2.24, 2.45) is 0 Å². The molecule has 0 aromatic heterocycles. The number of hydrogen-bond donors (Lipinski definition) is 0. The summed E-state index contributed by atoms with van der Waals surface area (Å²) >= 11 is 11.6. The maximum absolute atomic E-state index is 12.3. The third-order valence-corrected chi connectivity index (χ3v) is 3.93. The summed E-state index contributed by atoms with van der Waals surface area (Å²) in [5.41, 5.74) is -0.199. The molecule has 0 fully saturated rings. The molecule has 0 radical (unpaired) electrons. The molecule has 20 heavy (non-hydrogen) atoms. The molecular weight excluding hydrogens is 303 g/mol. The van der Waals surface area contributed by atoms with E-state index < -0.39 is 4.92 Å². The summed E-state index contributed by atoms with van der Waals surface area (Å²) in [5, 5.41) is 10.7. The highest BCUT2D eigenvalue weighted by Gasteiger charge is 2.23. The maximum Gasteiger partial charge on any atom is 0.290 e. The van der Waals surface area contributed by atoms with Gasteiger partial charge in [-0.2, -0.15) is 0 Å². The van der Waals surface area contributed by atoms with Gasteiger partial charge in [-0.25, -0.2) is 0 Å². The van der Waals surface area contributed by atoms with Gasteiger partial charge in [0.1, 0.15) is 5.02 Å². The van der Waals surface area contributed by atoms with Gasteiger partial charge in [0.05, 0.1) is 9.95 Å². The lowest BCUT2D eigenvalue weighted by molar-refractivity contribution is -0.384. The highest BCUT2D eigenvalue weighted by Crippen LogP contribution is 2.33. The van der Waals surface area contributed by atoms with E-state index in [1.165, 1.54) is 6.07 Å². The molecular formula is C13H16Cl2N2O3. The Balaban J connectivity index is 3.14. The summed E-state index contributed by atoms with van der Waals surface area (Å²) in [7, 11) is 1.66. The number of nitro benzene ring substituents is 1. The molecule has 0 saturated heterocycles. The first-order valence-corrected chi connectivity index (χ1v) is 6.95. The number of nitrogens with zero attached hydrogens (tertiary/aromatic N) is 2. The minimum atomic E-state index is -0.652. The summed E-state index contributed by atoms with van der Waals surface area (Å²) in [6, 6.07) is 2.56. The number of amides is 1. The summed E-state index contributed by atoms with van der Waals surface area (Å²) in [6.45, 7) is 3.95. The maximum atomic E-state index is 12.3. The lowest BCUT2D eigenvalue weighted by Crippen LogP contribution is -2.35. The Kier molecular flexibility index (Phi) is 5.77. The minimum Gasteiger partial charge on any atom is -0.339 e. The summed E-state index contributed by atoms with van der Waals surface area (Å²) in [6.07, 6.45) is 1.80. The van der Waals surface area contributed by atoms with Crippen molar-refractivity contribution >= 4 is 34.8 Å². The first kappa shape index (κ1) is 16.7. The zero-order chi connectivity index (χ0) is 15.4. The van der Waals surface area contributed by atoms with Crippen LogP contribution in [0, 0.1) is 10.1 Å². The van der Waals surface area contributed by atoms with Gasteiger partial charge in [0.15, 0.2) is 0 Å². The van der Waals surface area contributed by atoms with Crippen LogP contribution in [-0.2, 0) is 0 Å². The van der Waals surface area contributed by atoms with Crippen LogP contribution < -0.4 is 0 Å². The molecule has 0 saturated carbocycles. The smallest absolute Gasteiger partial charge is 0.290 e. The Bertz CT molecular complexity index is 535. The van der Waals surface area contributed by atoms with Crippen molar-refractivity contribution in [1.82, 2.24) is 4.90 Å². The van der Waals surface area contributed by atoms with Gasteiger partial charge in [-0.15, -0.1) is 0 Å². The highest BCUT2D eigenvalue weighted by molar-refractivity contribution is 6.43. The molecule has 0 aliphatic rings. The van der Waals surface area contributed by atoms with Crippen molar-refractivity contribution in [3.05, 3.63) is 37.9 Å². The van der Waals surface area contributed by atoms with E-state index in [1.54, 1.807) is 11.9 Å². The third kappa shape index (κ3) is 3.61. The molecule has 0 aliphatic carbocycles. The fraction of sp³-hybridized carbons (Fsp3) is 0.462. The Labute approximate surface area is 127 Å². The molecule has 0 spiro atoms. The average Bonchev–Trinajstić information content (AvgIpc) is 2.39. The Morgan fingerprint density at radius 3 is 2.55 bits per heavy atom. The van der Waals surface area contributed by atoms with E-state index >= 15 is 0 Å². The van der Waals surface area contributed by atoms with Crippen LogP contribution in [-0.4, -0.2) is 28.8 Å². The number of nitro groups is 1. The molecule has 5 nitrogen and oxygen atoms in total. The van der Waals surface area contributed by atoms with Gasteiger partial charge < -0.3 is 4.90 Å². The molecule has 110 valence electrons. The van der Waals surface area contributed by atoms with Crippen molar-refractivity contribution in [3.63, 3.8) is 0 Å². The first-order chi connectivity index (χ1) is 9.29. The van der Waals surface area contributed by atoms with Gasteiger partial charge in [-0.1, -0.05) is 36.5 Å². The van der Waals surface area contributed by atoms with Crippen LogP contribution in [0.3, 0.4) is 0 Å². The number of rotatable bonds is 5. The zero-order valence-corrected chi connectivity index (χ0v) is 13.0. The molecule has 1 aromatic carbocycles. The topological polar surface area (TPSA) is 63.5 Å². The molecule has 0 heterocycles. The second kappa shape index (κ2) is 6.90. The number of halogens is 2. The van der Waals surface area contributed by atoms with Gasteiger partial charge >= 0.3 is 0 Å². The van der Waals surface area contributed by atoms with Gasteiger partial charge in [-0.3, -0.25) is 14.9 Å². The molecule has 1 aromatic rings. The van der Waals surface area contributed by atoms with E-state index in [1.807, 2.05) is 13.8 Å². The standard InChI is InChI=1S/C13H16Cl2N2O3/c1-4-5-8(2)16(3)13(18)9-6-10(14)12(15)11(7-9)17(19)20/h6-8H,4-5H2,1-3H3. The molecule has 1 amide bonds. The summed E-state index contributed by atoms with van der Waals surface area (Å²) in [5.74, 6) is -0.312. The molecule has 0 aliphatic heterocycles. The van der Waals surface area contributed by atoms with Crippen LogP contribution in [0.4, 0.5) is 5.69 Å². The fourth-order valence-electron chi connectivity index (χ4n) is 1.85. The van der Waals surface area contributed by atoms with Crippen LogP contribution in [0.5, 0.6) is 0 Å². The van der Waals surface area contributed by atoms with Gasteiger partial charge in [-0.05, 0) is 19.4 Å². The molecule has 0 bridgehead atoms. The summed E-state index contributed by atoms with van der Waals surface area (Å²) < 4.78 is 0. The molecule has 1 atom stereocenters. The average molecular weight is 319 g/mol. The fourth-order valence-corrected chi connectivity index (χ4v) is 2.24. The lowest BCUT2D eigenvalue weighted by Gasteiger charge is -2.24. The molecule has 1 rings (SSSR count). The Morgan fingerprint density at radius 1 is 1.45 bits per heavy atom. The second-order valence-corrected chi connectivity index (χ2v) is 5.39. The second-order valence-electron chi connectivity index (χ2n) is 4.60. The Hall–Kier alpha value is -1.33. The van der Waals surface area contributed by atoms with Crippen molar-refractivity contribution < 1.29 is 9.72 Å². The van der Waals surface area contributed by atoms with Gasteiger partial charge in [0, 0.05) is 24.7 Å². The lowest BCUT2D eigenvalue weighted by atomic mass is 10.1. The highest BCUT2D eigenvalue weighted by atomic mass is 35.5. The SMILES string of the molecule is CCCC(C)N(C)C(=O)c1cc(Cl)c(Cl)c([N+](=O)[O-])c1. The van der Waals surface area contributed by atoms with Crippen LogP contribution in [0.1, 0.15) is 37.0 Å². The van der Waals surface area contributed by atoms with Crippen LogP contribution in [0.2, 0.25) is 10.0 Å².